The smallest absolute Gasteiger partial charge is 0.320 e. The molecule has 4 aliphatic carbocycles. The van der Waals surface area contributed by atoms with Gasteiger partial charge in [0.05, 0.1) is 17.4 Å². The van der Waals surface area contributed by atoms with Gasteiger partial charge in [0.25, 0.3) is 0 Å². The molecule has 22 heavy (non-hydrogen) atoms. The molecule has 0 saturated heterocycles. The summed E-state index contributed by atoms with van der Waals surface area (Å²) in [5.74, 6) is 1.36. The van der Waals surface area contributed by atoms with Crippen molar-refractivity contribution in [3.63, 3.8) is 0 Å². The van der Waals surface area contributed by atoms with E-state index in [1.807, 2.05) is 6.92 Å². The van der Waals surface area contributed by atoms with E-state index in [0.717, 1.165) is 32.1 Å². The van der Waals surface area contributed by atoms with Crippen molar-refractivity contribution in [1.82, 2.24) is 0 Å². The van der Waals surface area contributed by atoms with E-state index < -0.39 is 14.8 Å². The quantitative estimate of drug-likeness (QED) is 0.301. The van der Waals surface area contributed by atoms with Gasteiger partial charge < -0.3 is 10.8 Å². The van der Waals surface area contributed by atoms with Crippen LogP contribution in [0.1, 0.15) is 45.4 Å². The number of aliphatic imine (C=N–C) groups is 1. The third kappa shape index (κ3) is 3.29. The van der Waals surface area contributed by atoms with Gasteiger partial charge in [0.2, 0.25) is 0 Å². The molecule has 4 fully saturated rings. The Morgan fingerprint density at radius 1 is 1.36 bits per heavy atom. The lowest BCUT2D eigenvalue weighted by Gasteiger charge is -2.61. The maximum atomic E-state index is 10.8. The lowest BCUT2D eigenvalue weighted by Crippen LogP contribution is -2.58. The van der Waals surface area contributed by atoms with Crippen LogP contribution in [0.3, 0.4) is 0 Å². The van der Waals surface area contributed by atoms with Crippen molar-refractivity contribution in [2.24, 2.45) is 28.0 Å². The molecule has 0 radical (unpaired) electrons. The van der Waals surface area contributed by atoms with Crippen LogP contribution < -0.4 is 5.73 Å². The zero-order valence-corrected chi connectivity index (χ0v) is 14.4. The van der Waals surface area contributed by atoms with E-state index in [4.69, 9.17) is 10.3 Å². The fourth-order valence-corrected chi connectivity index (χ4v) is 6.48. The van der Waals surface area contributed by atoms with Gasteiger partial charge in [0, 0.05) is 10.8 Å². The molecule has 8 heteroatoms. The highest BCUT2D eigenvalue weighted by Crippen LogP contribution is 2.63. The van der Waals surface area contributed by atoms with Crippen molar-refractivity contribution in [3.8, 4) is 0 Å². The second-order valence-corrected chi connectivity index (χ2v) is 10.9. The van der Waals surface area contributed by atoms with Crippen LogP contribution in [0, 0.1) is 17.3 Å². The van der Waals surface area contributed by atoms with Crippen LogP contribution in [0.15, 0.2) is 4.99 Å². The Hall–Kier alpha value is -0.310. The van der Waals surface area contributed by atoms with E-state index in [1.165, 1.54) is 6.42 Å². The minimum Gasteiger partial charge on any atom is -0.390 e. The van der Waals surface area contributed by atoms with E-state index >= 15 is 0 Å². The standard InChI is InChI=1S/C14H24N2O4S2/c1-9(16-12(15)7-21-22(18,19)20)13-3-10-2-11(4-13)6-14(17,5-10)8-13/h9-11,17H,2-8H2,1H3,(H2,15,16)(H,18,19,20). The lowest BCUT2D eigenvalue weighted by molar-refractivity contribution is -0.168. The Labute approximate surface area is 135 Å². The van der Waals surface area contributed by atoms with Crippen molar-refractivity contribution in [2.75, 3.05) is 5.75 Å². The van der Waals surface area contributed by atoms with Gasteiger partial charge in [0.1, 0.15) is 5.84 Å². The molecule has 0 amide bonds. The fourth-order valence-electron chi connectivity index (χ4n) is 5.33. The van der Waals surface area contributed by atoms with Gasteiger partial charge >= 0.3 is 9.15 Å². The summed E-state index contributed by atoms with van der Waals surface area (Å²) in [6, 6.07) is -0.0353. The molecule has 4 saturated carbocycles. The van der Waals surface area contributed by atoms with Crippen molar-refractivity contribution in [2.45, 2.75) is 57.1 Å². The number of hydrogen-bond donors (Lipinski definition) is 3. The van der Waals surface area contributed by atoms with Gasteiger partial charge in [-0.05, 0) is 62.7 Å². The van der Waals surface area contributed by atoms with Crippen molar-refractivity contribution >= 4 is 25.8 Å². The average Bonchev–Trinajstić information content (AvgIpc) is 2.32. The molecule has 3 unspecified atom stereocenters. The number of nitrogens with two attached hydrogens (primary N) is 1. The van der Waals surface area contributed by atoms with Gasteiger partial charge in [-0.25, -0.2) is 0 Å². The maximum absolute atomic E-state index is 10.8. The summed E-state index contributed by atoms with van der Waals surface area (Å²) in [7, 11) is -3.71. The molecular weight excluding hydrogens is 324 g/mol. The average molecular weight is 348 g/mol. The first kappa shape index (κ1) is 16.5. The van der Waals surface area contributed by atoms with Crippen LogP contribution in [0.25, 0.3) is 0 Å². The molecule has 0 spiro atoms. The first-order valence-corrected chi connectivity index (χ1v) is 10.7. The second-order valence-electron chi connectivity index (χ2n) is 7.53. The number of amidine groups is 1. The van der Waals surface area contributed by atoms with Crippen LogP contribution in [0.5, 0.6) is 0 Å². The van der Waals surface area contributed by atoms with E-state index in [0.29, 0.717) is 22.6 Å². The highest BCUT2D eigenvalue weighted by molar-refractivity contribution is 8.70. The van der Waals surface area contributed by atoms with Crippen molar-refractivity contribution in [1.29, 1.82) is 0 Å². The van der Waals surface area contributed by atoms with E-state index in [1.54, 1.807) is 0 Å². The molecule has 4 rings (SSSR count). The minimum absolute atomic E-state index is 0.00773. The monoisotopic (exact) mass is 348 g/mol. The van der Waals surface area contributed by atoms with Crippen LogP contribution in [-0.2, 0) is 9.15 Å². The largest absolute Gasteiger partial charge is 0.390 e. The maximum Gasteiger partial charge on any atom is 0.320 e. The fraction of sp³-hybridized carbons (Fsp3) is 0.929. The third-order valence-electron chi connectivity index (χ3n) is 5.68. The number of hydrogen-bond acceptors (Lipinski definition) is 5. The Kier molecular flexibility index (Phi) is 4.03. The number of aliphatic hydroxyl groups is 1. The molecule has 126 valence electrons. The van der Waals surface area contributed by atoms with Gasteiger partial charge in [-0.1, -0.05) is 0 Å². The Balaban J connectivity index is 1.73. The first-order chi connectivity index (χ1) is 10.1. The van der Waals surface area contributed by atoms with Gasteiger partial charge in [-0.2, -0.15) is 8.42 Å². The summed E-state index contributed by atoms with van der Waals surface area (Å²) in [4.78, 5) is 4.49. The molecule has 4 N–H and O–H groups in total. The first-order valence-electron chi connectivity index (χ1n) is 7.76. The highest BCUT2D eigenvalue weighted by Gasteiger charge is 2.58. The predicted molar refractivity (Wildman–Crippen MR) is 87.2 cm³/mol. The predicted octanol–water partition coefficient (Wildman–Crippen LogP) is 1.60. The summed E-state index contributed by atoms with van der Waals surface area (Å²) >= 11 is 0. The molecule has 4 aliphatic rings. The molecule has 0 heterocycles. The lowest BCUT2D eigenvalue weighted by atomic mass is 9.46. The van der Waals surface area contributed by atoms with E-state index in [-0.39, 0.29) is 23.0 Å². The van der Waals surface area contributed by atoms with E-state index in [2.05, 4.69) is 4.99 Å². The summed E-state index contributed by atoms with van der Waals surface area (Å²) in [6.45, 7) is 2.02. The van der Waals surface area contributed by atoms with E-state index in [9.17, 15) is 13.5 Å². The number of nitrogens with zero attached hydrogens (tertiary/aromatic N) is 1. The van der Waals surface area contributed by atoms with Crippen LogP contribution in [-0.4, -0.2) is 41.3 Å². The van der Waals surface area contributed by atoms with Crippen molar-refractivity contribution in [3.05, 3.63) is 0 Å². The topological polar surface area (TPSA) is 113 Å². The molecule has 3 atom stereocenters. The zero-order chi connectivity index (χ0) is 16.2. The van der Waals surface area contributed by atoms with Crippen LogP contribution in [0.2, 0.25) is 0 Å². The molecule has 6 nitrogen and oxygen atoms in total. The van der Waals surface area contributed by atoms with Gasteiger partial charge in [-0.3, -0.25) is 9.55 Å². The summed E-state index contributed by atoms with van der Waals surface area (Å²) in [6.07, 6.45) is 5.97. The zero-order valence-electron chi connectivity index (χ0n) is 12.7. The minimum atomic E-state index is -4.09. The van der Waals surface area contributed by atoms with Gasteiger partial charge in [-0.15, -0.1) is 0 Å². The Bertz CT molecular complexity index is 576. The van der Waals surface area contributed by atoms with Crippen LogP contribution in [0.4, 0.5) is 0 Å². The molecular formula is C14H24N2O4S2. The summed E-state index contributed by atoms with van der Waals surface area (Å²) in [5, 5.41) is 10.8. The number of rotatable bonds is 5. The highest BCUT2D eigenvalue weighted by atomic mass is 33.1. The molecule has 0 aromatic carbocycles. The molecule has 0 aromatic heterocycles. The molecule has 0 aliphatic heterocycles. The summed E-state index contributed by atoms with van der Waals surface area (Å²) in [5.41, 5.74) is 5.28. The molecule has 4 bridgehead atoms. The Morgan fingerprint density at radius 3 is 2.45 bits per heavy atom. The summed E-state index contributed by atoms with van der Waals surface area (Å²) < 4.78 is 30.3. The second kappa shape index (κ2) is 5.36. The SMILES string of the molecule is CC(N=C(N)CSS(=O)(=O)O)C12CC3CC(CC(O)(C3)C1)C2. The third-order valence-corrected chi connectivity index (χ3v) is 7.64. The van der Waals surface area contributed by atoms with Crippen molar-refractivity contribution < 1.29 is 18.1 Å². The van der Waals surface area contributed by atoms with Crippen LogP contribution >= 0.6 is 10.8 Å². The van der Waals surface area contributed by atoms with Gasteiger partial charge in [0.15, 0.2) is 0 Å². The molecule has 0 aromatic rings. The normalized spacial score (nSPS) is 42.6. The Morgan fingerprint density at radius 2 is 1.95 bits per heavy atom.